The summed E-state index contributed by atoms with van der Waals surface area (Å²) in [6, 6.07) is -1.07. The van der Waals surface area contributed by atoms with E-state index in [1.807, 2.05) is 0 Å². The van der Waals surface area contributed by atoms with Crippen LogP contribution in [0.15, 0.2) is 0 Å². The van der Waals surface area contributed by atoms with Crippen LogP contribution in [0.3, 0.4) is 0 Å². The van der Waals surface area contributed by atoms with Gasteiger partial charge in [-0.3, -0.25) is 19.8 Å². The second-order valence-corrected chi connectivity index (χ2v) is 7.82. The Morgan fingerprint density at radius 3 is 2.52 bits per heavy atom. The van der Waals surface area contributed by atoms with Crippen LogP contribution in [0.4, 0.5) is 9.59 Å². The number of nitrogens with zero attached hydrogens (tertiary/aromatic N) is 1. The fraction of sp³-hybridized carbons (Fsp3) is 0.789. The normalized spacial score (nSPS) is 23.3. The molecule has 2 fully saturated rings. The van der Waals surface area contributed by atoms with E-state index in [0.29, 0.717) is 6.42 Å². The predicted molar refractivity (Wildman–Crippen MR) is 101 cm³/mol. The largest absolute Gasteiger partial charge is 0.335 e. The van der Waals surface area contributed by atoms with Crippen molar-refractivity contribution in [2.24, 2.45) is 0 Å². The number of carbonyl (C=O) groups excluding carboxylic acids is 4. The number of hydrogen-bond acceptors (Lipinski definition) is 4. The van der Waals surface area contributed by atoms with Gasteiger partial charge in [0.05, 0.1) is 0 Å². The molecule has 0 radical (unpaired) electrons. The highest BCUT2D eigenvalue weighted by molar-refractivity contribution is 6.09. The van der Waals surface area contributed by atoms with Crippen LogP contribution in [0, 0.1) is 0 Å². The molecule has 2 rings (SSSR count). The summed E-state index contributed by atoms with van der Waals surface area (Å²) in [7, 11) is 0. The van der Waals surface area contributed by atoms with E-state index in [0.717, 1.165) is 56.3 Å². The predicted octanol–water partition coefficient (Wildman–Crippen LogP) is 2.43. The lowest BCUT2D eigenvalue weighted by molar-refractivity contribution is -0.134. The van der Waals surface area contributed by atoms with Crippen molar-refractivity contribution in [2.45, 2.75) is 89.6 Å². The third kappa shape index (κ3) is 5.94. The fourth-order valence-corrected chi connectivity index (χ4v) is 3.74. The van der Waals surface area contributed by atoms with Crippen molar-refractivity contribution < 1.29 is 19.2 Å². The van der Waals surface area contributed by atoms with Gasteiger partial charge in [-0.05, 0) is 26.2 Å². The Labute approximate surface area is 160 Å². The molecular weight excluding hydrogens is 348 g/mol. The lowest BCUT2D eigenvalue weighted by Gasteiger charge is -2.23. The molecule has 1 atom stereocenters. The molecule has 1 saturated heterocycles. The van der Waals surface area contributed by atoms with Gasteiger partial charge in [0.2, 0.25) is 5.91 Å². The summed E-state index contributed by atoms with van der Waals surface area (Å²) < 4.78 is 0. The Balaban J connectivity index is 1.81. The van der Waals surface area contributed by atoms with Crippen LogP contribution in [0.2, 0.25) is 0 Å². The molecule has 0 bridgehead atoms. The highest BCUT2D eigenvalue weighted by Gasteiger charge is 2.47. The minimum Gasteiger partial charge on any atom is -0.335 e. The molecule has 0 aromatic heterocycles. The van der Waals surface area contributed by atoms with Crippen molar-refractivity contribution in [3.8, 4) is 0 Å². The van der Waals surface area contributed by atoms with E-state index < -0.39 is 36.0 Å². The lowest BCUT2D eigenvalue weighted by atomic mass is 9.94. The first kappa shape index (κ1) is 21.2. The van der Waals surface area contributed by atoms with Crippen LogP contribution in [0.25, 0.3) is 0 Å². The van der Waals surface area contributed by atoms with Gasteiger partial charge in [-0.1, -0.05) is 51.9 Å². The van der Waals surface area contributed by atoms with Crippen LogP contribution in [-0.4, -0.2) is 46.9 Å². The Morgan fingerprint density at radius 2 is 1.85 bits per heavy atom. The summed E-state index contributed by atoms with van der Waals surface area (Å²) in [6.07, 6.45) is 9.66. The molecule has 2 aliphatic rings. The molecule has 6 amide bonds. The number of carbonyl (C=O) groups is 4. The minimum absolute atomic E-state index is 0.0784. The summed E-state index contributed by atoms with van der Waals surface area (Å²) >= 11 is 0. The van der Waals surface area contributed by atoms with Crippen molar-refractivity contribution in [2.75, 3.05) is 6.54 Å². The molecule has 1 saturated carbocycles. The Morgan fingerprint density at radius 1 is 1.15 bits per heavy atom. The minimum atomic E-state index is -0.977. The summed E-state index contributed by atoms with van der Waals surface area (Å²) in [5.74, 6) is -1.08. The first-order chi connectivity index (χ1) is 12.9. The molecule has 3 N–H and O–H groups in total. The van der Waals surface area contributed by atoms with Crippen LogP contribution >= 0.6 is 0 Å². The zero-order valence-corrected chi connectivity index (χ0v) is 16.4. The number of hydrogen-bond donors (Lipinski definition) is 3. The van der Waals surface area contributed by atoms with E-state index in [2.05, 4.69) is 22.9 Å². The second kappa shape index (κ2) is 9.71. The average Bonchev–Trinajstić information content (AvgIpc) is 2.83. The summed E-state index contributed by atoms with van der Waals surface area (Å²) in [5, 5.41) is 7.69. The molecule has 1 aliphatic heterocycles. The lowest BCUT2D eigenvalue weighted by Crippen LogP contribution is -2.49. The zero-order chi connectivity index (χ0) is 19.9. The molecule has 0 spiro atoms. The van der Waals surface area contributed by atoms with Crippen LogP contribution in [0.1, 0.15) is 78.1 Å². The maximum atomic E-state index is 12.6. The first-order valence-corrected chi connectivity index (χ1v) is 10.1. The summed E-state index contributed by atoms with van der Waals surface area (Å²) in [4.78, 5) is 49.7. The van der Waals surface area contributed by atoms with E-state index in [1.54, 1.807) is 6.92 Å². The van der Waals surface area contributed by atoms with Gasteiger partial charge in [-0.15, -0.1) is 0 Å². The van der Waals surface area contributed by atoms with E-state index >= 15 is 0 Å². The van der Waals surface area contributed by atoms with Crippen molar-refractivity contribution in [3.63, 3.8) is 0 Å². The smallest absolute Gasteiger partial charge is 0.325 e. The number of nitrogens with one attached hydrogen (secondary N) is 3. The molecule has 1 aliphatic carbocycles. The SMILES string of the molecule is CCCCCC[C@@]1(C)NC(=O)N(CC(=O)NC(=O)NC2CCCCC2)C1=O. The summed E-state index contributed by atoms with van der Waals surface area (Å²) in [6.45, 7) is 3.34. The van der Waals surface area contributed by atoms with Gasteiger partial charge in [-0.2, -0.15) is 0 Å². The van der Waals surface area contributed by atoms with Crippen LogP contribution in [0.5, 0.6) is 0 Å². The van der Waals surface area contributed by atoms with Crippen LogP contribution < -0.4 is 16.0 Å². The summed E-state index contributed by atoms with van der Waals surface area (Å²) in [5.41, 5.74) is -0.977. The Hall–Kier alpha value is -2.12. The van der Waals surface area contributed by atoms with Gasteiger partial charge in [0.15, 0.2) is 0 Å². The third-order valence-electron chi connectivity index (χ3n) is 5.37. The Kier molecular flexibility index (Phi) is 7.62. The highest BCUT2D eigenvalue weighted by atomic mass is 16.2. The van der Waals surface area contributed by atoms with E-state index in [-0.39, 0.29) is 6.04 Å². The van der Waals surface area contributed by atoms with E-state index in [4.69, 9.17) is 0 Å². The van der Waals surface area contributed by atoms with Gasteiger partial charge in [0.1, 0.15) is 12.1 Å². The molecule has 0 aromatic rings. The topological polar surface area (TPSA) is 108 Å². The Bertz CT molecular complexity index is 574. The number of unbranched alkanes of at least 4 members (excludes halogenated alkanes) is 3. The molecule has 152 valence electrons. The molecule has 27 heavy (non-hydrogen) atoms. The maximum Gasteiger partial charge on any atom is 0.325 e. The van der Waals surface area contributed by atoms with E-state index in [1.165, 1.54) is 6.42 Å². The molecule has 8 heteroatoms. The highest BCUT2D eigenvalue weighted by Crippen LogP contribution is 2.24. The second-order valence-electron chi connectivity index (χ2n) is 7.82. The maximum absolute atomic E-state index is 12.6. The standard InChI is InChI=1S/C19H32N4O4/c1-3-4-5-9-12-19(2)16(25)23(18(27)22-19)13-15(24)21-17(26)20-14-10-7-6-8-11-14/h14H,3-13H2,1-2H3,(H,22,27)(H2,20,21,24,26)/t19-/m1/s1. The zero-order valence-electron chi connectivity index (χ0n) is 16.4. The van der Waals surface area contributed by atoms with Crippen molar-refractivity contribution in [1.29, 1.82) is 0 Å². The van der Waals surface area contributed by atoms with Crippen molar-refractivity contribution in [3.05, 3.63) is 0 Å². The van der Waals surface area contributed by atoms with Gasteiger partial charge in [0.25, 0.3) is 5.91 Å². The number of imide groups is 2. The number of rotatable bonds is 8. The van der Waals surface area contributed by atoms with Gasteiger partial charge in [-0.25, -0.2) is 9.59 Å². The molecule has 8 nitrogen and oxygen atoms in total. The molecule has 0 aromatic carbocycles. The number of urea groups is 2. The molecule has 0 unspecified atom stereocenters. The molecular formula is C19H32N4O4. The number of amides is 6. The fourth-order valence-electron chi connectivity index (χ4n) is 3.74. The molecule has 1 heterocycles. The third-order valence-corrected chi connectivity index (χ3v) is 5.37. The monoisotopic (exact) mass is 380 g/mol. The van der Waals surface area contributed by atoms with Gasteiger partial charge in [0, 0.05) is 6.04 Å². The van der Waals surface area contributed by atoms with Crippen molar-refractivity contribution in [1.82, 2.24) is 20.9 Å². The average molecular weight is 380 g/mol. The van der Waals surface area contributed by atoms with Crippen LogP contribution in [-0.2, 0) is 9.59 Å². The van der Waals surface area contributed by atoms with Gasteiger partial charge >= 0.3 is 12.1 Å². The van der Waals surface area contributed by atoms with E-state index in [9.17, 15) is 19.2 Å². The van der Waals surface area contributed by atoms with Crippen molar-refractivity contribution >= 4 is 23.9 Å². The van der Waals surface area contributed by atoms with Gasteiger partial charge < -0.3 is 10.6 Å². The first-order valence-electron chi connectivity index (χ1n) is 10.1. The quantitative estimate of drug-likeness (QED) is 0.444.